The van der Waals surface area contributed by atoms with Crippen molar-refractivity contribution < 1.29 is 9.53 Å². The fourth-order valence-electron chi connectivity index (χ4n) is 3.53. The van der Waals surface area contributed by atoms with E-state index in [1.807, 2.05) is 11.8 Å². The minimum Gasteiger partial charge on any atom is -0.378 e. The predicted octanol–water partition coefficient (Wildman–Crippen LogP) is 1.22. The summed E-state index contributed by atoms with van der Waals surface area (Å²) in [6.07, 6.45) is 2.32. The van der Waals surface area contributed by atoms with Gasteiger partial charge in [-0.1, -0.05) is 24.7 Å². The van der Waals surface area contributed by atoms with Gasteiger partial charge in [0.2, 0.25) is 11.0 Å². The zero-order valence-electron chi connectivity index (χ0n) is 14.5. The molecule has 3 heterocycles. The van der Waals surface area contributed by atoms with Gasteiger partial charge >= 0.3 is 0 Å². The van der Waals surface area contributed by atoms with Crippen molar-refractivity contribution in [1.29, 1.82) is 0 Å². The molecule has 2 aliphatic rings. The highest BCUT2D eigenvalue weighted by molar-refractivity contribution is 7.15. The van der Waals surface area contributed by atoms with E-state index in [9.17, 15) is 4.79 Å². The lowest BCUT2D eigenvalue weighted by Gasteiger charge is -2.28. The summed E-state index contributed by atoms with van der Waals surface area (Å²) in [7, 11) is 0. The monoisotopic (exact) mass is 353 g/mol. The van der Waals surface area contributed by atoms with Crippen LogP contribution in [-0.4, -0.2) is 77.9 Å². The molecule has 0 aromatic carbocycles. The number of rotatable bonds is 6. The molecule has 2 atom stereocenters. The number of anilines is 1. The van der Waals surface area contributed by atoms with Crippen molar-refractivity contribution in [3.8, 4) is 0 Å². The van der Waals surface area contributed by atoms with Crippen LogP contribution in [0, 0.1) is 12.8 Å². The lowest BCUT2D eigenvalue weighted by molar-refractivity contribution is -0.136. The molecule has 0 saturated carbocycles. The second-order valence-electron chi connectivity index (χ2n) is 6.61. The van der Waals surface area contributed by atoms with Crippen LogP contribution in [0.15, 0.2) is 0 Å². The maximum Gasteiger partial charge on any atom is 0.236 e. The van der Waals surface area contributed by atoms with Crippen LogP contribution in [0.25, 0.3) is 0 Å². The van der Waals surface area contributed by atoms with E-state index in [4.69, 9.17) is 4.74 Å². The lowest BCUT2D eigenvalue weighted by atomic mass is 9.98. The van der Waals surface area contributed by atoms with Gasteiger partial charge in [0.1, 0.15) is 5.01 Å². The van der Waals surface area contributed by atoms with E-state index >= 15 is 0 Å². The first kappa shape index (κ1) is 17.6. The summed E-state index contributed by atoms with van der Waals surface area (Å²) in [5, 5.41) is 13.7. The number of hydrogen-bond acceptors (Lipinski definition) is 7. The average molecular weight is 353 g/mol. The normalized spacial score (nSPS) is 25.2. The van der Waals surface area contributed by atoms with E-state index in [1.54, 1.807) is 11.3 Å². The van der Waals surface area contributed by atoms with Gasteiger partial charge in [-0.05, 0) is 19.3 Å². The molecule has 24 heavy (non-hydrogen) atoms. The molecule has 0 bridgehead atoms. The highest BCUT2D eigenvalue weighted by Crippen LogP contribution is 2.26. The van der Waals surface area contributed by atoms with Crippen LogP contribution < -0.4 is 5.32 Å². The largest absolute Gasteiger partial charge is 0.378 e. The minimum absolute atomic E-state index is 0.223. The smallest absolute Gasteiger partial charge is 0.236 e. The number of aromatic nitrogens is 2. The summed E-state index contributed by atoms with van der Waals surface area (Å²) in [6, 6.07) is 0.342. The van der Waals surface area contributed by atoms with Crippen LogP contribution in [0.5, 0.6) is 0 Å². The minimum atomic E-state index is 0.223. The molecule has 1 aromatic rings. The molecule has 0 radical (unpaired) electrons. The average Bonchev–Trinajstić information content (AvgIpc) is 3.15. The number of carbonyl (C=O) groups is 1. The third-order valence-corrected chi connectivity index (χ3v) is 5.50. The Kier molecular flexibility index (Phi) is 6.02. The zero-order valence-corrected chi connectivity index (χ0v) is 15.3. The van der Waals surface area contributed by atoms with Gasteiger partial charge in [0.25, 0.3) is 0 Å². The Morgan fingerprint density at radius 1 is 1.33 bits per heavy atom. The molecule has 0 unspecified atom stereocenters. The van der Waals surface area contributed by atoms with E-state index in [2.05, 4.69) is 27.3 Å². The van der Waals surface area contributed by atoms with Crippen LogP contribution in [0.1, 0.15) is 24.8 Å². The summed E-state index contributed by atoms with van der Waals surface area (Å²) in [5.74, 6) is 0.776. The first-order valence-electron chi connectivity index (χ1n) is 8.80. The van der Waals surface area contributed by atoms with Gasteiger partial charge in [-0.2, -0.15) is 0 Å². The Balaban J connectivity index is 1.56. The predicted molar refractivity (Wildman–Crippen MR) is 94.3 cm³/mol. The molecule has 7 nitrogen and oxygen atoms in total. The molecular weight excluding hydrogens is 326 g/mol. The molecule has 1 amide bonds. The number of aryl methyl sites for hydroxylation is 1. The third kappa shape index (κ3) is 4.43. The van der Waals surface area contributed by atoms with Gasteiger partial charge in [-0.15, -0.1) is 10.2 Å². The van der Waals surface area contributed by atoms with Gasteiger partial charge in [0.05, 0.1) is 19.8 Å². The molecule has 2 aliphatic heterocycles. The van der Waals surface area contributed by atoms with Crippen LogP contribution in [0.4, 0.5) is 5.13 Å². The Hall–Kier alpha value is -1.25. The lowest BCUT2D eigenvalue weighted by Crippen LogP contribution is -2.45. The van der Waals surface area contributed by atoms with Crippen LogP contribution in [0.2, 0.25) is 0 Å². The van der Waals surface area contributed by atoms with Crippen molar-refractivity contribution in [2.75, 3.05) is 51.3 Å². The number of hydrogen-bond donors (Lipinski definition) is 1. The van der Waals surface area contributed by atoms with Crippen molar-refractivity contribution in [3.05, 3.63) is 5.01 Å². The van der Waals surface area contributed by atoms with E-state index in [-0.39, 0.29) is 5.91 Å². The molecule has 3 rings (SSSR count). The van der Waals surface area contributed by atoms with Gasteiger partial charge < -0.3 is 15.0 Å². The van der Waals surface area contributed by atoms with Crippen LogP contribution >= 0.6 is 11.3 Å². The summed E-state index contributed by atoms with van der Waals surface area (Å²) in [4.78, 5) is 16.7. The molecule has 134 valence electrons. The Morgan fingerprint density at radius 2 is 2.12 bits per heavy atom. The summed E-state index contributed by atoms with van der Waals surface area (Å²) < 4.78 is 5.33. The van der Waals surface area contributed by atoms with Crippen LogP contribution in [-0.2, 0) is 9.53 Å². The van der Waals surface area contributed by atoms with Crippen molar-refractivity contribution in [1.82, 2.24) is 20.0 Å². The van der Waals surface area contributed by atoms with Gasteiger partial charge in [-0.25, -0.2) is 0 Å². The van der Waals surface area contributed by atoms with Crippen molar-refractivity contribution >= 4 is 22.4 Å². The Bertz CT molecular complexity index is 546. The molecule has 2 saturated heterocycles. The summed E-state index contributed by atoms with van der Waals surface area (Å²) >= 11 is 1.59. The standard InChI is InChI=1S/C16H27N5O2S/c1-3-4-13-9-20(11-15(22)21-5-7-23-8-6-21)10-14(13)17-16-19-18-12(2)24-16/h13-14H,3-11H2,1-2H3,(H,17,19)/t13-,14-/m1/s1. The second kappa shape index (κ2) is 8.22. The molecule has 1 N–H and O–H groups in total. The number of ether oxygens (including phenoxy) is 1. The molecular formula is C16H27N5O2S. The molecule has 1 aromatic heterocycles. The maximum atomic E-state index is 12.5. The van der Waals surface area contributed by atoms with E-state index in [0.29, 0.717) is 31.7 Å². The number of amides is 1. The Morgan fingerprint density at radius 3 is 2.79 bits per heavy atom. The maximum absolute atomic E-state index is 12.5. The number of morpholine rings is 1. The molecule has 0 spiro atoms. The number of nitrogens with zero attached hydrogens (tertiary/aromatic N) is 4. The SMILES string of the molecule is CCC[C@@H]1CN(CC(=O)N2CCOCC2)C[C@H]1Nc1nnc(C)s1. The Labute approximate surface area is 147 Å². The van der Waals surface area contributed by atoms with E-state index < -0.39 is 0 Å². The third-order valence-electron chi connectivity index (χ3n) is 4.73. The highest BCUT2D eigenvalue weighted by atomic mass is 32.1. The fourth-order valence-corrected chi connectivity index (χ4v) is 4.19. The van der Waals surface area contributed by atoms with Crippen molar-refractivity contribution in [3.63, 3.8) is 0 Å². The zero-order chi connectivity index (χ0) is 16.9. The molecule has 8 heteroatoms. The van der Waals surface area contributed by atoms with E-state index in [1.165, 1.54) is 0 Å². The summed E-state index contributed by atoms with van der Waals surface area (Å²) in [6.45, 7) is 9.30. The van der Waals surface area contributed by atoms with Crippen LogP contribution in [0.3, 0.4) is 0 Å². The van der Waals surface area contributed by atoms with Crippen molar-refractivity contribution in [2.45, 2.75) is 32.7 Å². The van der Waals surface area contributed by atoms with Gasteiger partial charge in [0.15, 0.2) is 0 Å². The first-order valence-corrected chi connectivity index (χ1v) is 9.62. The van der Waals surface area contributed by atoms with E-state index in [0.717, 1.165) is 49.2 Å². The van der Waals surface area contributed by atoms with Gasteiger partial charge in [0, 0.05) is 32.2 Å². The number of nitrogens with one attached hydrogen (secondary N) is 1. The van der Waals surface area contributed by atoms with Gasteiger partial charge in [-0.3, -0.25) is 9.69 Å². The quantitative estimate of drug-likeness (QED) is 0.829. The molecule has 0 aliphatic carbocycles. The first-order chi connectivity index (χ1) is 11.7. The van der Waals surface area contributed by atoms with Crippen molar-refractivity contribution in [2.24, 2.45) is 5.92 Å². The summed E-state index contributed by atoms with van der Waals surface area (Å²) in [5.41, 5.74) is 0. The highest BCUT2D eigenvalue weighted by Gasteiger charge is 2.34. The number of carbonyl (C=O) groups excluding carboxylic acids is 1. The number of likely N-dealkylation sites (tertiary alicyclic amines) is 1. The fraction of sp³-hybridized carbons (Fsp3) is 0.812. The topological polar surface area (TPSA) is 70.6 Å². The molecule has 2 fully saturated rings. The second-order valence-corrected chi connectivity index (χ2v) is 7.79.